The monoisotopic (exact) mass is 374 g/mol. The maximum Gasteiger partial charge on any atom is 0.417 e. The Hall–Kier alpha value is -2.48. The van der Waals surface area contributed by atoms with Gasteiger partial charge in [0.1, 0.15) is 0 Å². The molecule has 0 unspecified atom stereocenters. The third-order valence-electron chi connectivity index (χ3n) is 3.17. The van der Waals surface area contributed by atoms with E-state index in [1.54, 1.807) is 6.07 Å². The van der Waals surface area contributed by atoms with Crippen molar-refractivity contribution in [3.63, 3.8) is 0 Å². The second-order valence-electron chi connectivity index (χ2n) is 5.08. The molecule has 134 valence electrons. The van der Waals surface area contributed by atoms with Crippen LogP contribution in [-0.2, 0) is 11.0 Å². The molecule has 5 nitrogen and oxygen atoms in total. The van der Waals surface area contributed by atoms with Crippen LogP contribution >= 0.6 is 11.6 Å². The lowest BCUT2D eigenvalue weighted by Crippen LogP contribution is -2.25. The number of hydrogen-bond acceptors (Lipinski definition) is 3. The Morgan fingerprint density at radius 3 is 2.60 bits per heavy atom. The molecule has 0 aliphatic heterocycles. The summed E-state index contributed by atoms with van der Waals surface area (Å²) < 4.78 is 43.2. The van der Waals surface area contributed by atoms with E-state index < -0.39 is 28.6 Å². The molecular weight excluding hydrogens is 361 g/mol. The summed E-state index contributed by atoms with van der Waals surface area (Å²) in [6.07, 6.45) is -2.89. The van der Waals surface area contributed by atoms with Gasteiger partial charge in [-0.15, -0.1) is 0 Å². The van der Waals surface area contributed by atoms with Gasteiger partial charge in [0.2, 0.25) is 5.91 Å². The molecule has 0 saturated carbocycles. The van der Waals surface area contributed by atoms with Gasteiger partial charge in [0, 0.05) is 18.7 Å². The molecule has 0 atom stereocenters. The van der Waals surface area contributed by atoms with Gasteiger partial charge in [-0.05, 0) is 36.8 Å². The Bertz CT molecular complexity index is 746. The highest BCUT2D eigenvalue weighted by atomic mass is 35.5. The second-order valence-corrected chi connectivity index (χ2v) is 5.48. The lowest BCUT2D eigenvalue weighted by molar-refractivity contribution is -0.137. The van der Waals surface area contributed by atoms with Gasteiger partial charge >= 0.3 is 6.18 Å². The highest BCUT2D eigenvalue weighted by molar-refractivity contribution is 6.31. The number of carbonyl (C=O) groups is 2. The number of nitrogens with one attached hydrogen (secondary N) is 2. The van der Waals surface area contributed by atoms with Crippen molar-refractivity contribution in [3.8, 4) is 0 Å². The summed E-state index contributed by atoms with van der Waals surface area (Å²) in [6, 6.07) is 6.21. The van der Waals surface area contributed by atoms with Crippen LogP contribution in [0.25, 0.3) is 0 Å². The van der Waals surface area contributed by atoms with E-state index in [1.807, 2.05) is 0 Å². The zero-order chi connectivity index (χ0) is 18.4. The van der Waals surface area contributed by atoms with Crippen molar-refractivity contribution in [2.45, 2.75) is 19.0 Å². The van der Waals surface area contributed by atoms with E-state index in [-0.39, 0.29) is 24.4 Å². The van der Waals surface area contributed by atoms with Crippen molar-refractivity contribution in [1.82, 2.24) is 5.32 Å². The highest BCUT2D eigenvalue weighted by Gasteiger charge is 2.33. The van der Waals surface area contributed by atoms with Gasteiger partial charge in [-0.25, -0.2) is 0 Å². The Morgan fingerprint density at radius 1 is 1.20 bits per heavy atom. The predicted molar refractivity (Wildman–Crippen MR) is 85.4 cm³/mol. The van der Waals surface area contributed by atoms with Gasteiger partial charge in [0.05, 0.1) is 16.8 Å². The van der Waals surface area contributed by atoms with E-state index in [0.29, 0.717) is 6.42 Å². The first-order chi connectivity index (χ1) is 11.8. The van der Waals surface area contributed by atoms with Crippen LogP contribution < -0.4 is 10.6 Å². The molecule has 0 saturated heterocycles. The zero-order valence-corrected chi connectivity index (χ0v) is 13.6. The minimum atomic E-state index is -4.60. The van der Waals surface area contributed by atoms with Gasteiger partial charge < -0.3 is 15.1 Å². The Labute approximate surface area is 146 Å². The fraction of sp³-hybridized carbons (Fsp3) is 0.250. The van der Waals surface area contributed by atoms with Crippen molar-refractivity contribution in [1.29, 1.82) is 0 Å². The molecule has 1 heterocycles. The van der Waals surface area contributed by atoms with E-state index in [2.05, 4.69) is 10.6 Å². The van der Waals surface area contributed by atoms with Crippen molar-refractivity contribution >= 4 is 29.1 Å². The summed E-state index contributed by atoms with van der Waals surface area (Å²) in [7, 11) is 0. The summed E-state index contributed by atoms with van der Waals surface area (Å²) >= 11 is 5.51. The van der Waals surface area contributed by atoms with Crippen LogP contribution in [0.4, 0.5) is 18.9 Å². The van der Waals surface area contributed by atoms with Crippen LogP contribution in [0.1, 0.15) is 29.0 Å². The van der Waals surface area contributed by atoms with Crippen LogP contribution in [0.15, 0.2) is 41.0 Å². The second kappa shape index (κ2) is 8.06. The van der Waals surface area contributed by atoms with Gasteiger partial charge in [0.15, 0.2) is 5.76 Å². The number of benzene rings is 1. The predicted octanol–water partition coefficient (Wildman–Crippen LogP) is 4.10. The van der Waals surface area contributed by atoms with Gasteiger partial charge in [-0.2, -0.15) is 13.2 Å². The lowest BCUT2D eigenvalue weighted by Gasteiger charge is -2.11. The van der Waals surface area contributed by atoms with Crippen molar-refractivity contribution in [3.05, 3.63) is 52.9 Å². The molecule has 0 bridgehead atoms. The van der Waals surface area contributed by atoms with Crippen molar-refractivity contribution < 1.29 is 27.2 Å². The molecule has 1 aromatic heterocycles. The molecule has 0 aliphatic rings. The topological polar surface area (TPSA) is 71.3 Å². The lowest BCUT2D eigenvalue weighted by atomic mass is 10.2. The Kier molecular flexibility index (Phi) is 6.08. The van der Waals surface area contributed by atoms with E-state index in [0.717, 1.165) is 12.1 Å². The van der Waals surface area contributed by atoms with Crippen molar-refractivity contribution in [2.75, 3.05) is 11.9 Å². The molecular formula is C16H14ClF3N2O3. The number of amides is 2. The SMILES string of the molecule is O=C(CCCNC(=O)c1ccco1)Nc1ccc(Cl)c(C(F)(F)F)c1. The maximum absolute atomic E-state index is 12.8. The summed E-state index contributed by atoms with van der Waals surface area (Å²) in [5.41, 5.74) is -1.01. The Balaban J connectivity index is 1.80. The number of hydrogen-bond donors (Lipinski definition) is 2. The quantitative estimate of drug-likeness (QED) is 0.748. The first kappa shape index (κ1) is 18.9. The van der Waals surface area contributed by atoms with Crippen molar-refractivity contribution in [2.24, 2.45) is 0 Å². The average molecular weight is 375 g/mol. The minimum Gasteiger partial charge on any atom is -0.459 e. The Morgan fingerprint density at radius 2 is 1.96 bits per heavy atom. The average Bonchev–Trinajstić information content (AvgIpc) is 3.06. The number of alkyl halides is 3. The van der Waals surface area contributed by atoms with E-state index in [1.165, 1.54) is 18.4 Å². The number of rotatable bonds is 6. The summed E-state index contributed by atoms with van der Waals surface area (Å²) in [5.74, 6) is -0.717. The van der Waals surface area contributed by atoms with E-state index >= 15 is 0 Å². The molecule has 2 aromatic rings. The number of carbonyl (C=O) groups excluding carboxylic acids is 2. The first-order valence-corrected chi connectivity index (χ1v) is 7.63. The van der Waals surface area contributed by atoms with Crippen LogP contribution in [0.3, 0.4) is 0 Å². The molecule has 2 rings (SSSR count). The molecule has 0 radical (unpaired) electrons. The minimum absolute atomic E-state index is 0.00125. The third-order valence-corrected chi connectivity index (χ3v) is 3.50. The smallest absolute Gasteiger partial charge is 0.417 e. The fourth-order valence-corrected chi connectivity index (χ4v) is 2.21. The first-order valence-electron chi connectivity index (χ1n) is 7.25. The highest BCUT2D eigenvalue weighted by Crippen LogP contribution is 2.36. The van der Waals surface area contributed by atoms with Gasteiger partial charge in [-0.3, -0.25) is 9.59 Å². The largest absolute Gasteiger partial charge is 0.459 e. The fourth-order valence-electron chi connectivity index (χ4n) is 1.99. The molecule has 1 aromatic carbocycles. The van der Waals surface area contributed by atoms with Crippen LogP contribution in [0.5, 0.6) is 0 Å². The van der Waals surface area contributed by atoms with Crippen LogP contribution in [-0.4, -0.2) is 18.4 Å². The third kappa shape index (κ3) is 5.53. The molecule has 2 amide bonds. The van der Waals surface area contributed by atoms with Gasteiger partial charge in [0.25, 0.3) is 5.91 Å². The summed E-state index contributed by atoms with van der Waals surface area (Å²) in [6.45, 7) is 0.224. The van der Waals surface area contributed by atoms with Gasteiger partial charge in [-0.1, -0.05) is 11.6 Å². The van der Waals surface area contributed by atoms with E-state index in [4.69, 9.17) is 16.0 Å². The molecule has 0 spiro atoms. The summed E-state index contributed by atoms with van der Waals surface area (Å²) in [5, 5.41) is 4.49. The molecule has 0 fully saturated rings. The van der Waals surface area contributed by atoms with Crippen LogP contribution in [0.2, 0.25) is 5.02 Å². The molecule has 2 N–H and O–H groups in total. The molecule has 9 heteroatoms. The van der Waals surface area contributed by atoms with Crippen LogP contribution in [0, 0.1) is 0 Å². The summed E-state index contributed by atoms with van der Waals surface area (Å²) in [4.78, 5) is 23.4. The normalized spacial score (nSPS) is 11.2. The number of anilines is 1. The number of furan rings is 1. The number of halogens is 4. The zero-order valence-electron chi connectivity index (χ0n) is 12.8. The molecule has 0 aliphatic carbocycles. The molecule has 25 heavy (non-hydrogen) atoms. The van der Waals surface area contributed by atoms with E-state index in [9.17, 15) is 22.8 Å². The maximum atomic E-state index is 12.8. The standard InChI is InChI=1S/C16H14ClF3N2O3/c17-12-6-5-10(9-11(12)16(18,19)20)22-14(23)4-1-7-21-15(24)13-3-2-8-25-13/h2-3,5-6,8-9H,1,4,7H2,(H,21,24)(H,22,23).